The lowest BCUT2D eigenvalue weighted by molar-refractivity contribution is 0.174. The summed E-state index contributed by atoms with van der Waals surface area (Å²) in [6.07, 6.45) is 5.71. The highest BCUT2D eigenvalue weighted by atomic mass is 32.2. The number of hydrogen-bond donors (Lipinski definition) is 0. The van der Waals surface area contributed by atoms with E-state index in [0.717, 1.165) is 44.5 Å². The third kappa shape index (κ3) is 2.90. The molecular weight excluding hydrogens is 436 g/mol. The minimum Gasteiger partial charge on any atom is -0.454 e. The maximum absolute atomic E-state index is 5.51. The SMILES string of the molecule is CSc1nc2sc3c(c2c2nnc(SCc4ccc5c(c4)OCO5)n12)C(C)CCC3. The van der Waals surface area contributed by atoms with Gasteiger partial charge in [0.25, 0.3) is 0 Å². The average Bonchev–Trinajstić information content (AvgIpc) is 3.47. The summed E-state index contributed by atoms with van der Waals surface area (Å²) in [5.74, 6) is 2.95. The Morgan fingerprint density at radius 3 is 3.00 bits per heavy atom. The Bertz CT molecular complexity index is 1280. The van der Waals surface area contributed by atoms with Crippen molar-refractivity contribution in [3.05, 3.63) is 34.2 Å². The number of benzene rings is 1. The minimum atomic E-state index is 0.295. The van der Waals surface area contributed by atoms with E-state index in [-0.39, 0.29) is 0 Å². The molecule has 0 amide bonds. The molecule has 0 saturated carbocycles. The molecule has 4 heterocycles. The molecule has 6 nitrogen and oxygen atoms in total. The highest BCUT2D eigenvalue weighted by molar-refractivity contribution is 7.99. The molecule has 0 radical (unpaired) electrons. The van der Waals surface area contributed by atoms with Gasteiger partial charge in [0.1, 0.15) is 4.83 Å². The predicted molar refractivity (Wildman–Crippen MR) is 121 cm³/mol. The van der Waals surface area contributed by atoms with Gasteiger partial charge in [-0.2, -0.15) is 0 Å². The van der Waals surface area contributed by atoms with Gasteiger partial charge < -0.3 is 9.47 Å². The van der Waals surface area contributed by atoms with Crippen LogP contribution in [0, 0.1) is 0 Å². The van der Waals surface area contributed by atoms with E-state index in [1.165, 1.54) is 34.2 Å². The second-order valence-corrected chi connectivity index (χ2v) is 10.4. The van der Waals surface area contributed by atoms with Crippen LogP contribution >= 0.6 is 34.9 Å². The van der Waals surface area contributed by atoms with Gasteiger partial charge in [-0.1, -0.05) is 36.5 Å². The van der Waals surface area contributed by atoms with E-state index in [0.29, 0.717) is 12.7 Å². The van der Waals surface area contributed by atoms with E-state index in [4.69, 9.17) is 14.5 Å². The van der Waals surface area contributed by atoms with Crippen molar-refractivity contribution in [1.82, 2.24) is 19.6 Å². The van der Waals surface area contributed by atoms with Gasteiger partial charge in [0.05, 0.1) is 5.39 Å². The predicted octanol–water partition coefficient (Wildman–Crippen LogP) is 5.52. The summed E-state index contributed by atoms with van der Waals surface area (Å²) >= 11 is 5.16. The van der Waals surface area contributed by atoms with Crippen molar-refractivity contribution in [2.75, 3.05) is 13.0 Å². The lowest BCUT2D eigenvalue weighted by atomic mass is 9.87. The summed E-state index contributed by atoms with van der Waals surface area (Å²) in [4.78, 5) is 7.59. The largest absolute Gasteiger partial charge is 0.454 e. The molecule has 1 aliphatic heterocycles. The number of rotatable bonds is 4. The zero-order valence-electron chi connectivity index (χ0n) is 16.7. The number of fused-ring (bicyclic) bond motifs is 6. The lowest BCUT2D eigenvalue weighted by Gasteiger charge is -2.18. The van der Waals surface area contributed by atoms with Gasteiger partial charge >= 0.3 is 0 Å². The zero-order valence-corrected chi connectivity index (χ0v) is 19.1. The fourth-order valence-electron chi connectivity index (χ4n) is 4.34. The van der Waals surface area contributed by atoms with Crippen molar-refractivity contribution >= 4 is 50.7 Å². The number of thiophene rings is 1. The molecule has 154 valence electrons. The molecule has 1 unspecified atom stereocenters. The molecule has 30 heavy (non-hydrogen) atoms. The highest BCUT2D eigenvalue weighted by Gasteiger charge is 2.27. The quantitative estimate of drug-likeness (QED) is 0.296. The maximum Gasteiger partial charge on any atom is 0.231 e. The third-order valence-electron chi connectivity index (χ3n) is 5.77. The number of ether oxygens (including phenoxy) is 2. The normalized spacial score (nSPS) is 17.7. The second kappa shape index (κ2) is 7.32. The van der Waals surface area contributed by atoms with Crippen LogP contribution in [0.5, 0.6) is 11.5 Å². The molecule has 1 aromatic carbocycles. The van der Waals surface area contributed by atoms with Crippen molar-refractivity contribution < 1.29 is 9.47 Å². The van der Waals surface area contributed by atoms with Gasteiger partial charge in [0, 0.05) is 10.6 Å². The van der Waals surface area contributed by atoms with Crippen LogP contribution in [0.3, 0.4) is 0 Å². The molecule has 3 aromatic heterocycles. The molecule has 9 heteroatoms. The Morgan fingerprint density at radius 1 is 1.20 bits per heavy atom. The molecule has 0 bridgehead atoms. The number of thioether (sulfide) groups is 2. The standard InChI is InChI=1S/C21H20N4O2S3/c1-11-4-3-5-15-16(11)17-18-23-24-21(25(18)20(28-2)22-19(17)30-15)29-9-12-6-7-13-14(8-12)27-10-26-13/h6-8,11H,3-5,9-10H2,1-2H3. The van der Waals surface area contributed by atoms with Crippen LogP contribution in [0.15, 0.2) is 28.5 Å². The summed E-state index contributed by atoms with van der Waals surface area (Å²) in [6.45, 7) is 2.62. The number of aryl methyl sites for hydroxylation is 1. The Hall–Kier alpha value is -1.97. The molecule has 4 aromatic rings. The fourth-order valence-corrected chi connectivity index (χ4v) is 7.20. The fraction of sp³-hybridized carbons (Fsp3) is 0.381. The molecule has 0 fully saturated rings. The van der Waals surface area contributed by atoms with Crippen molar-refractivity contribution in [3.8, 4) is 11.5 Å². The number of hydrogen-bond acceptors (Lipinski definition) is 8. The van der Waals surface area contributed by atoms with Gasteiger partial charge in [-0.25, -0.2) is 9.38 Å². The molecule has 6 rings (SSSR count). The lowest BCUT2D eigenvalue weighted by Crippen LogP contribution is -2.04. The Kier molecular flexibility index (Phi) is 4.58. The van der Waals surface area contributed by atoms with Gasteiger partial charge in [0.2, 0.25) is 6.79 Å². The molecule has 1 atom stereocenters. The summed E-state index contributed by atoms with van der Waals surface area (Å²) < 4.78 is 13.1. The van der Waals surface area contributed by atoms with Gasteiger partial charge in [-0.3, -0.25) is 0 Å². The van der Waals surface area contributed by atoms with Crippen LogP contribution in [0.25, 0.3) is 15.9 Å². The first-order valence-electron chi connectivity index (χ1n) is 9.98. The van der Waals surface area contributed by atoms with Crippen LogP contribution in [0.1, 0.15) is 41.7 Å². The summed E-state index contributed by atoms with van der Waals surface area (Å²) in [5, 5.41) is 12.2. The van der Waals surface area contributed by atoms with E-state index in [2.05, 4.69) is 33.8 Å². The van der Waals surface area contributed by atoms with Crippen LogP contribution in [0.2, 0.25) is 0 Å². The van der Waals surface area contributed by atoms with Crippen molar-refractivity contribution in [2.24, 2.45) is 0 Å². The van der Waals surface area contributed by atoms with Crippen LogP contribution in [-0.2, 0) is 12.2 Å². The summed E-state index contributed by atoms with van der Waals surface area (Å²) in [5.41, 5.74) is 3.57. The second-order valence-electron chi connectivity index (χ2n) is 7.63. The Morgan fingerprint density at radius 2 is 2.10 bits per heavy atom. The summed E-state index contributed by atoms with van der Waals surface area (Å²) in [7, 11) is 0. The van der Waals surface area contributed by atoms with Crippen LogP contribution < -0.4 is 9.47 Å². The van der Waals surface area contributed by atoms with E-state index < -0.39 is 0 Å². The highest BCUT2D eigenvalue weighted by Crippen LogP contribution is 2.44. The van der Waals surface area contributed by atoms with E-state index in [9.17, 15) is 0 Å². The number of aromatic nitrogens is 4. The third-order valence-corrected chi connectivity index (χ3v) is 8.57. The van der Waals surface area contributed by atoms with Crippen molar-refractivity contribution in [2.45, 2.75) is 48.2 Å². The van der Waals surface area contributed by atoms with Gasteiger partial charge in [0.15, 0.2) is 27.5 Å². The molecule has 0 spiro atoms. The van der Waals surface area contributed by atoms with E-state index >= 15 is 0 Å². The molecule has 0 saturated heterocycles. The smallest absolute Gasteiger partial charge is 0.231 e. The zero-order chi connectivity index (χ0) is 20.2. The average molecular weight is 457 g/mol. The maximum atomic E-state index is 5.51. The van der Waals surface area contributed by atoms with Crippen LogP contribution in [-0.4, -0.2) is 32.6 Å². The van der Waals surface area contributed by atoms with Gasteiger partial charge in [-0.05, 0) is 54.7 Å². The van der Waals surface area contributed by atoms with Crippen LogP contribution in [0.4, 0.5) is 0 Å². The first-order chi connectivity index (χ1) is 14.7. The van der Waals surface area contributed by atoms with Crippen molar-refractivity contribution in [1.29, 1.82) is 0 Å². The Balaban J connectivity index is 1.42. The topological polar surface area (TPSA) is 61.5 Å². The molecule has 1 aliphatic carbocycles. The van der Waals surface area contributed by atoms with Gasteiger partial charge in [-0.15, -0.1) is 21.5 Å². The Labute approximate surface area is 186 Å². The van der Waals surface area contributed by atoms with E-state index in [1.807, 2.05) is 23.5 Å². The first kappa shape index (κ1) is 18.8. The van der Waals surface area contributed by atoms with E-state index in [1.54, 1.807) is 23.5 Å². The molecule has 2 aliphatic rings. The molecular formula is C21H20N4O2S3. The molecule has 0 N–H and O–H groups in total. The first-order valence-corrected chi connectivity index (χ1v) is 13.0. The monoisotopic (exact) mass is 456 g/mol. The summed E-state index contributed by atoms with van der Waals surface area (Å²) in [6, 6.07) is 6.09. The number of nitrogens with zero attached hydrogens (tertiary/aromatic N) is 4. The minimum absolute atomic E-state index is 0.295. The van der Waals surface area contributed by atoms with Crippen molar-refractivity contribution in [3.63, 3.8) is 0 Å².